The van der Waals surface area contributed by atoms with Gasteiger partial charge in [0.2, 0.25) is 0 Å². The summed E-state index contributed by atoms with van der Waals surface area (Å²) in [6, 6.07) is 1.74. The Morgan fingerprint density at radius 3 is 3.12 bits per heavy atom. The van der Waals surface area contributed by atoms with E-state index in [-0.39, 0.29) is 12.0 Å². The number of aromatic nitrogens is 1. The Balaban J connectivity index is 2.17. The summed E-state index contributed by atoms with van der Waals surface area (Å²) < 4.78 is 5.15. The molecular formula is C11H13ClN2O2. The molecule has 16 heavy (non-hydrogen) atoms. The highest BCUT2D eigenvalue weighted by Gasteiger charge is 2.28. The van der Waals surface area contributed by atoms with Gasteiger partial charge in [-0.2, -0.15) is 0 Å². The van der Waals surface area contributed by atoms with Crippen molar-refractivity contribution in [1.82, 2.24) is 9.88 Å². The first kappa shape index (κ1) is 11.4. The topological polar surface area (TPSA) is 42.4 Å². The molecule has 1 aliphatic heterocycles. The Morgan fingerprint density at radius 1 is 1.69 bits per heavy atom. The highest BCUT2D eigenvalue weighted by Crippen LogP contribution is 2.24. The summed E-state index contributed by atoms with van der Waals surface area (Å²) in [5, 5.41) is 0.424. The van der Waals surface area contributed by atoms with Crippen LogP contribution in [0.3, 0.4) is 0 Å². The Hall–Kier alpha value is -1.13. The molecule has 0 aliphatic carbocycles. The van der Waals surface area contributed by atoms with Crippen molar-refractivity contribution in [3.8, 4) is 0 Å². The van der Waals surface area contributed by atoms with E-state index in [4.69, 9.17) is 16.3 Å². The number of carbonyl (C=O) groups excluding carboxylic acids is 1. The van der Waals surface area contributed by atoms with Crippen molar-refractivity contribution >= 4 is 17.5 Å². The number of halogens is 1. The number of hydrogen-bond donors (Lipinski definition) is 0. The Kier molecular flexibility index (Phi) is 3.12. The quantitative estimate of drug-likeness (QED) is 0.756. The molecule has 4 nitrogen and oxygen atoms in total. The van der Waals surface area contributed by atoms with Gasteiger partial charge in [0.1, 0.15) is 5.15 Å². The van der Waals surface area contributed by atoms with Crippen LogP contribution in [0, 0.1) is 0 Å². The van der Waals surface area contributed by atoms with Crippen LogP contribution in [0.15, 0.2) is 12.3 Å². The van der Waals surface area contributed by atoms with Crippen molar-refractivity contribution in [2.24, 2.45) is 0 Å². The van der Waals surface area contributed by atoms with Gasteiger partial charge in [-0.3, -0.25) is 4.79 Å². The van der Waals surface area contributed by atoms with Crippen molar-refractivity contribution in [3.63, 3.8) is 0 Å². The minimum absolute atomic E-state index is 0.00284. The van der Waals surface area contributed by atoms with Crippen molar-refractivity contribution in [3.05, 3.63) is 28.5 Å². The van der Waals surface area contributed by atoms with Crippen molar-refractivity contribution in [1.29, 1.82) is 0 Å². The Morgan fingerprint density at radius 2 is 2.44 bits per heavy atom. The molecule has 1 amide bonds. The van der Waals surface area contributed by atoms with Crippen molar-refractivity contribution in [2.45, 2.75) is 19.6 Å². The molecule has 0 saturated carbocycles. The second-order valence-corrected chi connectivity index (χ2v) is 4.28. The van der Waals surface area contributed by atoms with Gasteiger partial charge in [-0.1, -0.05) is 11.6 Å². The second-order valence-electron chi connectivity index (χ2n) is 3.90. The molecule has 1 unspecified atom stereocenters. The maximum absolute atomic E-state index is 11.9. The summed E-state index contributed by atoms with van der Waals surface area (Å²) in [5.41, 5.74) is 1.58. The Bertz CT molecular complexity index is 422. The van der Waals surface area contributed by atoms with Gasteiger partial charge in [0.25, 0.3) is 5.91 Å². The number of methoxy groups -OCH3 is 1. The summed E-state index contributed by atoms with van der Waals surface area (Å²) >= 11 is 5.79. The maximum Gasteiger partial charge on any atom is 0.256 e. The van der Waals surface area contributed by atoms with Gasteiger partial charge in [0, 0.05) is 26.4 Å². The van der Waals surface area contributed by atoms with Crippen molar-refractivity contribution < 1.29 is 9.53 Å². The molecule has 1 atom stereocenters. The number of nitrogens with zero attached hydrogens (tertiary/aromatic N) is 2. The minimum atomic E-state index is 0.00284. The molecule has 0 saturated heterocycles. The molecular weight excluding hydrogens is 228 g/mol. The first-order valence-corrected chi connectivity index (χ1v) is 5.46. The SMILES string of the molecule is COC(C)CN1Cc2cc(Cl)ncc2C1=O. The number of hydrogen-bond acceptors (Lipinski definition) is 3. The molecule has 0 radical (unpaired) electrons. The largest absolute Gasteiger partial charge is 0.380 e. The summed E-state index contributed by atoms with van der Waals surface area (Å²) in [6.45, 7) is 3.10. The number of fused-ring (bicyclic) bond motifs is 1. The molecule has 0 N–H and O–H groups in total. The van der Waals surface area contributed by atoms with Gasteiger partial charge in [-0.05, 0) is 18.6 Å². The monoisotopic (exact) mass is 240 g/mol. The molecule has 86 valence electrons. The van der Waals surface area contributed by atoms with E-state index in [2.05, 4.69) is 4.98 Å². The summed E-state index contributed by atoms with van der Waals surface area (Å²) in [7, 11) is 1.64. The maximum atomic E-state index is 11.9. The zero-order valence-electron chi connectivity index (χ0n) is 9.24. The predicted octanol–water partition coefficient (Wildman–Crippen LogP) is 1.73. The van der Waals surface area contributed by atoms with Gasteiger partial charge >= 0.3 is 0 Å². The van der Waals surface area contributed by atoms with Crippen LogP contribution in [-0.4, -0.2) is 35.5 Å². The van der Waals surface area contributed by atoms with Gasteiger partial charge in [0.05, 0.1) is 11.7 Å². The molecule has 0 spiro atoms. The zero-order chi connectivity index (χ0) is 11.7. The molecule has 0 fully saturated rings. The van der Waals surface area contributed by atoms with E-state index < -0.39 is 0 Å². The zero-order valence-corrected chi connectivity index (χ0v) is 9.99. The fourth-order valence-corrected chi connectivity index (χ4v) is 1.95. The van der Waals surface area contributed by atoms with E-state index >= 15 is 0 Å². The third-order valence-corrected chi connectivity index (χ3v) is 2.92. The van der Waals surface area contributed by atoms with Gasteiger partial charge in [0.15, 0.2) is 0 Å². The third kappa shape index (κ3) is 2.03. The minimum Gasteiger partial charge on any atom is -0.380 e. The van der Waals surface area contributed by atoms with Gasteiger partial charge < -0.3 is 9.64 Å². The molecule has 1 aromatic rings. The normalized spacial score (nSPS) is 16.4. The average Bonchev–Trinajstić information content (AvgIpc) is 2.55. The van der Waals surface area contributed by atoms with Crippen LogP contribution in [0.4, 0.5) is 0 Å². The highest BCUT2D eigenvalue weighted by atomic mass is 35.5. The fraction of sp³-hybridized carbons (Fsp3) is 0.455. The van der Waals surface area contributed by atoms with Crippen LogP contribution >= 0.6 is 11.6 Å². The average molecular weight is 241 g/mol. The van der Waals surface area contributed by atoms with Crippen LogP contribution in [-0.2, 0) is 11.3 Å². The lowest BCUT2D eigenvalue weighted by atomic mass is 10.2. The number of ether oxygens (including phenoxy) is 1. The fourth-order valence-electron chi connectivity index (χ4n) is 1.77. The third-order valence-electron chi connectivity index (χ3n) is 2.71. The first-order valence-electron chi connectivity index (χ1n) is 5.08. The molecule has 1 aliphatic rings. The number of carbonyl (C=O) groups is 1. The Labute approximate surface area is 99.2 Å². The lowest BCUT2D eigenvalue weighted by molar-refractivity contribution is 0.0558. The van der Waals surface area contributed by atoms with Crippen LogP contribution in [0.1, 0.15) is 22.8 Å². The van der Waals surface area contributed by atoms with Gasteiger partial charge in [-0.25, -0.2) is 4.98 Å². The summed E-state index contributed by atoms with van der Waals surface area (Å²) in [4.78, 5) is 17.6. The van der Waals surface area contributed by atoms with E-state index in [0.29, 0.717) is 23.8 Å². The molecule has 0 aromatic carbocycles. The number of rotatable bonds is 3. The van der Waals surface area contributed by atoms with Gasteiger partial charge in [-0.15, -0.1) is 0 Å². The van der Waals surface area contributed by atoms with Crippen LogP contribution in [0.5, 0.6) is 0 Å². The van der Waals surface area contributed by atoms with E-state index in [1.807, 2.05) is 6.92 Å². The van der Waals surface area contributed by atoms with E-state index in [1.54, 1.807) is 18.1 Å². The van der Waals surface area contributed by atoms with E-state index in [9.17, 15) is 4.79 Å². The molecule has 2 rings (SSSR count). The van der Waals surface area contributed by atoms with E-state index in [1.165, 1.54) is 6.20 Å². The molecule has 1 aromatic heterocycles. The summed E-state index contributed by atoms with van der Waals surface area (Å²) in [6.07, 6.45) is 1.57. The smallest absolute Gasteiger partial charge is 0.256 e. The van der Waals surface area contributed by atoms with Crippen molar-refractivity contribution in [2.75, 3.05) is 13.7 Å². The molecule has 0 bridgehead atoms. The molecule has 5 heteroatoms. The number of amides is 1. The van der Waals surface area contributed by atoms with E-state index in [0.717, 1.165) is 5.56 Å². The lowest BCUT2D eigenvalue weighted by Crippen LogP contribution is -2.32. The highest BCUT2D eigenvalue weighted by molar-refractivity contribution is 6.29. The van der Waals surface area contributed by atoms with Crippen LogP contribution in [0.2, 0.25) is 5.15 Å². The number of pyridine rings is 1. The standard InChI is InChI=1S/C11H13ClN2O2/c1-7(16-2)5-14-6-8-3-10(12)13-4-9(8)11(14)15/h3-4,7H,5-6H2,1-2H3. The van der Waals surface area contributed by atoms with Crippen LogP contribution in [0.25, 0.3) is 0 Å². The lowest BCUT2D eigenvalue weighted by Gasteiger charge is -2.19. The predicted molar refractivity (Wildman–Crippen MR) is 60.5 cm³/mol. The summed E-state index contributed by atoms with van der Waals surface area (Å²) in [5.74, 6) is 0.00284. The van der Waals surface area contributed by atoms with Crippen LogP contribution < -0.4 is 0 Å². The first-order chi connectivity index (χ1) is 7.61. The molecule has 2 heterocycles. The second kappa shape index (κ2) is 4.39.